The van der Waals surface area contributed by atoms with Crippen LogP contribution in [0.25, 0.3) is 0 Å². The smallest absolute Gasteiger partial charge is 0.337 e. The van der Waals surface area contributed by atoms with Crippen molar-refractivity contribution in [1.82, 2.24) is 0 Å². The lowest BCUT2D eigenvalue weighted by atomic mass is 10.1. The predicted molar refractivity (Wildman–Crippen MR) is 136 cm³/mol. The number of benzene rings is 3. The molecule has 0 saturated carbocycles. The molecule has 35 heavy (non-hydrogen) atoms. The molecule has 0 saturated heterocycles. The summed E-state index contributed by atoms with van der Waals surface area (Å²) < 4.78 is 15.2. The predicted octanol–water partition coefficient (Wildman–Crippen LogP) is 3.63. The quantitative estimate of drug-likeness (QED) is 0.321. The SMILES string of the molecule is COC(=O)c1ccc(NC(=O)c2ccc(OC)c(OC)c2)c(NC(=O)c2ccc(C(N)=S)cc2)c1. The fourth-order valence-electron chi connectivity index (χ4n) is 3.15. The highest BCUT2D eigenvalue weighted by molar-refractivity contribution is 7.80. The van der Waals surface area contributed by atoms with E-state index in [0.717, 1.165) is 0 Å². The Labute approximate surface area is 207 Å². The van der Waals surface area contributed by atoms with Crippen molar-refractivity contribution in [3.8, 4) is 11.5 Å². The molecule has 0 spiro atoms. The number of nitrogens with two attached hydrogens (primary N) is 1. The first-order chi connectivity index (χ1) is 16.8. The van der Waals surface area contributed by atoms with Crippen molar-refractivity contribution in [3.05, 3.63) is 82.9 Å². The number of esters is 1. The minimum atomic E-state index is -0.598. The summed E-state index contributed by atoms with van der Waals surface area (Å²) in [4.78, 5) is 38.1. The van der Waals surface area contributed by atoms with Crippen molar-refractivity contribution in [2.45, 2.75) is 0 Å². The Bertz CT molecular complexity index is 1290. The first-order valence-electron chi connectivity index (χ1n) is 10.2. The van der Waals surface area contributed by atoms with Gasteiger partial charge in [0.1, 0.15) is 4.99 Å². The van der Waals surface area contributed by atoms with Crippen LogP contribution in [0.1, 0.15) is 36.6 Å². The number of thiocarbonyl (C=S) groups is 1. The van der Waals surface area contributed by atoms with Crippen LogP contribution in [-0.2, 0) is 4.74 Å². The van der Waals surface area contributed by atoms with Gasteiger partial charge in [-0.2, -0.15) is 0 Å². The molecule has 3 aromatic carbocycles. The second-order valence-electron chi connectivity index (χ2n) is 7.17. The lowest BCUT2D eigenvalue weighted by Crippen LogP contribution is -2.18. The normalized spacial score (nSPS) is 10.1. The summed E-state index contributed by atoms with van der Waals surface area (Å²) >= 11 is 4.93. The van der Waals surface area contributed by atoms with Crippen LogP contribution in [0, 0.1) is 0 Å². The summed E-state index contributed by atoms with van der Waals surface area (Å²) in [5, 5.41) is 5.47. The maximum atomic E-state index is 12.9. The van der Waals surface area contributed by atoms with Gasteiger partial charge in [-0.05, 0) is 48.5 Å². The van der Waals surface area contributed by atoms with Crippen LogP contribution >= 0.6 is 12.2 Å². The van der Waals surface area contributed by atoms with Crippen molar-refractivity contribution >= 4 is 46.4 Å². The van der Waals surface area contributed by atoms with Crippen molar-refractivity contribution in [3.63, 3.8) is 0 Å². The highest BCUT2D eigenvalue weighted by Crippen LogP contribution is 2.29. The molecule has 0 atom stereocenters. The number of methoxy groups -OCH3 is 3. The van der Waals surface area contributed by atoms with E-state index in [-0.39, 0.29) is 21.9 Å². The van der Waals surface area contributed by atoms with E-state index in [1.54, 1.807) is 36.4 Å². The van der Waals surface area contributed by atoms with Gasteiger partial charge in [-0.1, -0.05) is 24.4 Å². The molecule has 0 bridgehead atoms. The molecule has 4 N–H and O–H groups in total. The molecule has 10 heteroatoms. The Morgan fingerprint density at radius 1 is 0.686 bits per heavy atom. The summed E-state index contributed by atoms with van der Waals surface area (Å²) in [5.41, 5.74) is 7.50. The molecule has 0 fully saturated rings. The Morgan fingerprint density at radius 3 is 1.83 bits per heavy atom. The van der Waals surface area contributed by atoms with E-state index in [9.17, 15) is 14.4 Å². The number of carbonyl (C=O) groups is 3. The van der Waals surface area contributed by atoms with E-state index in [1.807, 2.05) is 0 Å². The van der Waals surface area contributed by atoms with Crippen LogP contribution in [0.2, 0.25) is 0 Å². The molecular formula is C25H23N3O6S. The van der Waals surface area contributed by atoms with E-state index in [2.05, 4.69) is 10.6 Å². The monoisotopic (exact) mass is 493 g/mol. The number of anilines is 2. The maximum absolute atomic E-state index is 12.9. The molecule has 3 aromatic rings. The maximum Gasteiger partial charge on any atom is 0.337 e. The van der Waals surface area contributed by atoms with E-state index in [1.165, 1.54) is 45.6 Å². The lowest BCUT2D eigenvalue weighted by molar-refractivity contribution is 0.0600. The summed E-state index contributed by atoms with van der Waals surface area (Å²) in [6.07, 6.45) is 0. The Balaban J connectivity index is 1.91. The van der Waals surface area contributed by atoms with E-state index < -0.39 is 17.8 Å². The molecule has 9 nitrogen and oxygen atoms in total. The third-order valence-corrected chi connectivity index (χ3v) is 5.25. The molecule has 0 aliphatic heterocycles. The zero-order valence-corrected chi connectivity index (χ0v) is 20.0. The van der Waals surface area contributed by atoms with Crippen LogP contribution in [0.4, 0.5) is 11.4 Å². The van der Waals surface area contributed by atoms with Gasteiger partial charge >= 0.3 is 5.97 Å². The van der Waals surface area contributed by atoms with Crippen LogP contribution in [0.5, 0.6) is 11.5 Å². The van der Waals surface area contributed by atoms with Gasteiger partial charge < -0.3 is 30.6 Å². The van der Waals surface area contributed by atoms with E-state index >= 15 is 0 Å². The van der Waals surface area contributed by atoms with Gasteiger partial charge in [-0.25, -0.2) is 4.79 Å². The first kappa shape index (κ1) is 25.2. The zero-order valence-electron chi connectivity index (χ0n) is 19.2. The van der Waals surface area contributed by atoms with Gasteiger partial charge in [0.05, 0.1) is 38.3 Å². The highest BCUT2D eigenvalue weighted by Gasteiger charge is 2.17. The van der Waals surface area contributed by atoms with Gasteiger partial charge in [-0.3, -0.25) is 9.59 Å². The fraction of sp³-hybridized carbons (Fsp3) is 0.120. The summed E-state index contributed by atoms with van der Waals surface area (Å²) in [5.74, 6) is -0.675. The van der Waals surface area contributed by atoms with Crippen molar-refractivity contribution in [1.29, 1.82) is 0 Å². The van der Waals surface area contributed by atoms with Crippen LogP contribution in [0.3, 0.4) is 0 Å². The number of hydrogen-bond acceptors (Lipinski definition) is 7. The molecule has 180 valence electrons. The van der Waals surface area contributed by atoms with Crippen molar-refractivity contribution in [2.75, 3.05) is 32.0 Å². The van der Waals surface area contributed by atoms with E-state index in [0.29, 0.717) is 28.2 Å². The van der Waals surface area contributed by atoms with Gasteiger partial charge in [0.25, 0.3) is 11.8 Å². The Kier molecular flexibility index (Phi) is 8.00. The second kappa shape index (κ2) is 11.1. The molecular weight excluding hydrogens is 470 g/mol. The number of amides is 2. The molecule has 0 unspecified atom stereocenters. The molecule has 2 amide bonds. The fourth-order valence-corrected chi connectivity index (χ4v) is 3.29. The highest BCUT2D eigenvalue weighted by atomic mass is 32.1. The van der Waals surface area contributed by atoms with Crippen LogP contribution < -0.4 is 25.8 Å². The lowest BCUT2D eigenvalue weighted by Gasteiger charge is -2.15. The third kappa shape index (κ3) is 5.92. The average molecular weight is 494 g/mol. The summed E-state index contributed by atoms with van der Waals surface area (Å²) in [6, 6.07) is 15.5. The first-order valence-corrected chi connectivity index (χ1v) is 10.6. The molecule has 3 rings (SSSR count). The average Bonchev–Trinajstić information content (AvgIpc) is 2.88. The molecule has 0 aliphatic rings. The van der Waals surface area contributed by atoms with Crippen molar-refractivity contribution < 1.29 is 28.6 Å². The van der Waals surface area contributed by atoms with Gasteiger partial charge in [0.15, 0.2) is 11.5 Å². The molecule has 0 heterocycles. The Hall–Kier alpha value is -4.44. The minimum absolute atomic E-state index is 0.191. The van der Waals surface area contributed by atoms with Crippen LogP contribution in [0.15, 0.2) is 60.7 Å². The molecule has 0 aliphatic carbocycles. The second-order valence-corrected chi connectivity index (χ2v) is 7.61. The summed E-state index contributed by atoms with van der Waals surface area (Å²) in [7, 11) is 4.20. The largest absolute Gasteiger partial charge is 0.493 e. The number of carbonyl (C=O) groups excluding carboxylic acids is 3. The standard InChI is InChI=1S/C25H23N3O6S/c1-32-20-11-9-16(13-21(20)33-2)24(30)27-18-10-8-17(25(31)34-3)12-19(18)28-23(29)15-6-4-14(5-7-15)22(26)35/h4-13H,1-3H3,(H2,26,35)(H,27,30)(H,28,29). The zero-order chi connectivity index (χ0) is 25.5. The Morgan fingerprint density at radius 2 is 1.23 bits per heavy atom. The van der Waals surface area contributed by atoms with Crippen LogP contribution in [-0.4, -0.2) is 44.1 Å². The van der Waals surface area contributed by atoms with E-state index in [4.69, 9.17) is 32.2 Å². The minimum Gasteiger partial charge on any atom is -0.493 e. The number of ether oxygens (including phenoxy) is 3. The number of hydrogen-bond donors (Lipinski definition) is 3. The molecule has 0 radical (unpaired) electrons. The third-order valence-electron chi connectivity index (χ3n) is 5.01. The summed E-state index contributed by atoms with van der Waals surface area (Å²) in [6.45, 7) is 0. The van der Waals surface area contributed by atoms with Gasteiger partial charge in [0.2, 0.25) is 0 Å². The van der Waals surface area contributed by atoms with Gasteiger partial charge in [-0.15, -0.1) is 0 Å². The number of nitrogens with one attached hydrogen (secondary N) is 2. The molecule has 0 aromatic heterocycles. The number of rotatable bonds is 8. The topological polar surface area (TPSA) is 129 Å². The van der Waals surface area contributed by atoms with Gasteiger partial charge in [0, 0.05) is 16.7 Å². The van der Waals surface area contributed by atoms with Crippen molar-refractivity contribution in [2.24, 2.45) is 5.73 Å².